The first-order valence-corrected chi connectivity index (χ1v) is 13.5. The Hall–Kier alpha value is -3.67. The number of carbonyl (C=O) groups excluding carboxylic acids is 2. The molecule has 2 N–H and O–H groups in total. The van der Waals surface area contributed by atoms with Crippen LogP contribution in [-0.2, 0) is 16.0 Å². The van der Waals surface area contributed by atoms with Gasteiger partial charge in [-0.3, -0.25) is 9.59 Å². The summed E-state index contributed by atoms with van der Waals surface area (Å²) in [5, 5.41) is 20.4. The van der Waals surface area contributed by atoms with Gasteiger partial charge in [0.1, 0.15) is 5.92 Å². The maximum absolute atomic E-state index is 13.4. The SMILES string of the molecule is CCc1ccc(NC(=O)CSC2=NC(C)=C(C(=O)Nc3ccccc3)C(c3ccsc3)C2C#N)cc1. The quantitative estimate of drug-likeness (QED) is 0.391. The number of nitrogens with zero attached hydrogens (tertiary/aromatic N) is 2. The van der Waals surface area contributed by atoms with E-state index in [2.05, 4.69) is 28.6 Å². The number of carbonyl (C=O) groups is 2. The van der Waals surface area contributed by atoms with Crippen molar-refractivity contribution in [3.8, 4) is 6.07 Å². The summed E-state index contributed by atoms with van der Waals surface area (Å²) in [6, 6.07) is 21.2. The van der Waals surface area contributed by atoms with Gasteiger partial charge in [0.15, 0.2) is 0 Å². The summed E-state index contributed by atoms with van der Waals surface area (Å²) in [6.07, 6.45) is 0.934. The Kier molecular flexibility index (Phi) is 8.36. The molecule has 4 rings (SSSR count). The Balaban J connectivity index is 1.56. The van der Waals surface area contributed by atoms with Gasteiger partial charge in [0.2, 0.25) is 5.91 Å². The van der Waals surface area contributed by atoms with Crippen molar-refractivity contribution in [1.82, 2.24) is 0 Å². The molecule has 0 aliphatic carbocycles. The Labute approximate surface area is 219 Å². The normalized spacial score (nSPS) is 17.2. The van der Waals surface area contributed by atoms with E-state index >= 15 is 0 Å². The first-order valence-electron chi connectivity index (χ1n) is 11.6. The Morgan fingerprint density at radius 2 is 1.78 bits per heavy atom. The number of amides is 2. The van der Waals surface area contributed by atoms with E-state index in [0.29, 0.717) is 22.0 Å². The largest absolute Gasteiger partial charge is 0.325 e. The highest BCUT2D eigenvalue weighted by Crippen LogP contribution is 2.42. The number of anilines is 2. The molecule has 8 heteroatoms. The number of thioether (sulfide) groups is 1. The lowest BCUT2D eigenvalue weighted by molar-refractivity contribution is -0.114. The average Bonchev–Trinajstić information content (AvgIpc) is 3.42. The van der Waals surface area contributed by atoms with Crippen molar-refractivity contribution in [2.75, 3.05) is 16.4 Å². The minimum absolute atomic E-state index is 0.113. The summed E-state index contributed by atoms with van der Waals surface area (Å²) in [7, 11) is 0. The third-order valence-electron chi connectivity index (χ3n) is 5.89. The lowest BCUT2D eigenvalue weighted by Gasteiger charge is -2.29. The van der Waals surface area contributed by atoms with Crippen LogP contribution in [0.15, 0.2) is 87.7 Å². The zero-order valence-electron chi connectivity index (χ0n) is 20.0. The molecule has 0 spiro atoms. The third-order valence-corrected chi connectivity index (χ3v) is 7.64. The number of hydrogen-bond donors (Lipinski definition) is 2. The summed E-state index contributed by atoms with van der Waals surface area (Å²) in [4.78, 5) is 30.6. The van der Waals surface area contributed by atoms with Crippen LogP contribution in [-0.4, -0.2) is 22.6 Å². The van der Waals surface area contributed by atoms with Crippen molar-refractivity contribution >= 4 is 51.3 Å². The highest BCUT2D eigenvalue weighted by Gasteiger charge is 2.39. The molecule has 2 aromatic carbocycles. The van der Waals surface area contributed by atoms with Crippen LogP contribution in [0.5, 0.6) is 0 Å². The number of allylic oxidation sites excluding steroid dienone is 1. The fourth-order valence-corrected chi connectivity index (χ4v) is 5.70. The maximum atomic E-state index is 13.4. The number of para-hydroxylation sites is 1. The molecule has 2 amide bonds. The summed E-state index contributed by atoms with van der Waals surface area (Å²) < 4.78 is 0. The van der Waals surface area contributed by atoms with Gasteiger partial charge in [0, 0.05) is 28.6 Å². The van der Waals surface area contributed by atoms with Gasteiger partial charge < -0.3 is 10.6 Å². The summed E-state index contributed by atoms with van der Waals surface area (Å²) in [6.45, 7) is 3.86. The molecule has 1 aliphatic rings. The predicted molar refractivity (Wildman–Crippen MR) is 148 cm³/mol. The van der Waals surface area contributed by atoms with Crippen molar-refractivity contribution in [2.24, 2.45) is 10.9 Å². The standard InChI is InChI=1S/C28H26N4O2S2/c1-3-19-9-11-22(12-10-19)31-24(33)17-36-28-23(15-29)26(20-13-14-35-16-20)25(18(2)30-28)27(34)32-21-7-5-4-6-8-21/h4-14,16,23,26H,3,17H2,1-2H3,(H,31,33)(H,32,34). The smallest absolute Gasteiger partial charge is 0.254 e. The number of nitriles is 1. The van der Waals surface area contributed by atoms with E-state index in [4.69, 9.17) is 0 Å². The fourth-order valence-electron chi connectivity index (χ4n) is 4.08. The van der Waals surface area contributed by atoms with Gasteiger partial charge in [-0.25, -0.2) is 4.99 Å². The number of thiophene rings is 1. The number of nitrogens with one attached hydrogen (secondary N) is 2. The number of aliphatic imine (C=N–C) groups is 1. The molecule has 0 saturated carbocycles. The molecule has 182 valence electrons. The molecule has 36 heavy (non-hydrogen) atoms. The van der Waals surface area contributed by atoms with Gasteiger partial charge in [-0.1, -0.05) is 49.0 Å². The minimum atomic E-state index is -0.679. The molecule has 3 aromatic rings. The monoisotopic (exact) mass is 514 g/mol. The molecule has 1 aromatic heterocycles. The highest BCUT2D eigenvalue weighted by molar-refractivity contribution is 8.14. The lowest BCUT2D eigenvalue weighted by atomic mass is 9.79. The van der Waals surface area contributed by atoms with E-state index in [0.717, 1.165) is 17.7 Å². The lowest BCUT2D eigenvalue weighted by Crippen LogP contribution is -2.31. The summed E-state index contributed by atoms with van der Waals surface area (Å²) >= 11 is 2.75. The Bertz CT molecular complexity index is 1320. The molecular formula is C28H26N4O2S2. The van der Waals surface area contributed by atoms with E-state index in [-0.39, 0.29) is 17.6 Å². The predicted octanol–water partition coefficient (Wildman–Crippen LogP) is 6.23. The third kappa shape index (κ3) is 5.93. The second-order valence-electron chi connectivity index (χ2n) is 8.30. The van der Waals surface area contributed by atoms with Gasteiger partial charge in [-0.2, -0.15) is 16.6 Å². The fraction of sp³-hybridized carbons (Fsp3) is 0.214. The molecule has 6 nitrogen and oxygen atoms in total. The summed E-state index contributed by atoms with van der Waals surface area (Å²) in [5.41, 5.74) is 4.50. The molecule has 0 saturated heterocycles. The number of aryl methyl sites for hydroxylation is 1. The van der Waals surface area contributed by atoms with Crippen LogP contribution in [0.2, 0.25) is 0 Å². The van der Waals surface area contributed by atoms with Crippen LogP contribution >= 0.6 is 23.1 Å². The van der Waals surface area contributed by atoms with Crippen LogP contribution in [0.1, 0.15) is 30.9 Å². The zero-order chi connectivity index (χ0) is 25.5. The average molecular weight is 515 g/mol. The molecule has 0 fully saturated rings. The van der Waals surface area contributed by atoms with Crippen LogP contribution in [0.25, 0.3) is 0 Å². The minimum Gasteiger partial charge on any atom is -0.325 e. The van der Waals surface area contributed by atoms with Gasteiger partial charge in [-0.15, -0.1) is 0 Å². The topological polar surface area (TPSA) is 94.3 Å². The van der Waals surface area contributed by atoms with E-state index in [9.17, 15) is 14.9 Å². The maximum Gasteiger partial charge on any atom is 0.254 e. The number of hydrogen-bond acceptors (Lipinski definition) is 6. The Morgan fingerprint density at radius 1 is 1.06 bits per heavy atom. The van der Waals surface area contributed by atoms with Crippen LogP contribution in [0.4, 0.5) is 11.4 Å². The molecular weight excluding hydrogens is 488 g/mol. The van der Waals surface area contributed by atoms with Crippen molar-refractivity contribution in [2.45, 2.75) is 26.2 Å². The molecule has 2 atom stereocenters. The Morgan fingerprint density at radius 3 is 2.42 bits per heavy atom. The van der Waals surface area contributed by atoms with E-state index < -0.39 is 11.8 Å². The van der Waals surface area contributed by atoms with Crippen LogP contribution in [0, 0.1) is 17.2 Å². The van der Waals surface area contributed by atoms with E-state index in [1.807, 2.05) is 71.4 Å². The first-order chi connectivity index (χ1) is 17.5. The summed E-state index contributed by atoms with van der Waals surface area (Å²) in [5.74, 6) is -1.50. The van der Waals surface area contributed by atoms with Crippen molar-refractivity contribution < 1.29 is 9.59 Å². The second kappa shape index (κ2) is 11.8. The highest BCUT2D eigenvalue weighted by atomic mass is 32.2. The van der Waals surface area contributed by atoms with Gasteiger partial charge in [-0.05, 0) is 65.6 Å². The van der Waals surface area contributed by atoms with Crippen molar-refractivity contribution in [3.63, 3.8) is 0 Å². The zero-order valence-corrected chi connectivity index (χ0v) is 21.7. The van der Waals surface area contributed by atoms with Gasteiger partial charge >= 0.3 is 0 Å². The molecule has 1 aliphatic heterocycles. The first kappa shape index (κ1) is 25.4. The van der Waals surface area contributed by atoms with Crippen LogP contribution in [0.3, 0.4) is 0 Å². The van der Waals surface area contributed by atoms with Crippen molar-refractivity contribution in [3.05, 3.63) is 93.8 Å². The van der Waals surface area contributed by atoms with Gasteiger partial charge in [0.05, 0.1) is 16.9 Å². The molecule has 2 heterocycles. The number of rotatable bonds is 7. The van der Waals surface area contributed by atoms with E-state index in [1.165, 1.54) is 28.7 Å². The van der Waals surface area contributed by atoms with Crippen LogP contribution < -0.4 is 10.6 Å². The number of benzene rings is 2. The van der Waals surface area contributed by atoms with E-state index in [1.54, 1.807) is 6.92 Å². The van der Waals surface area contributed by atoms with Gasteiger partial charge in [0.25, 0.3) is 5.91 Å². The molecule has 0 bridgehead atoms. The second-order valence-corrected chi connectivity index (χ2v) is 10.1. The molecule has 2 unspecified atom stereocenters. The molecule has 0 radical (unpaired) electrons. The van der Waals surface area contributed by atoms with Crippen molar-refractivity contribution in [1.29, 1.82) is 5.26 Å².